The van der Waals surface area contributed by atoms with Crippen molar-refractivity contribution in [1.82, 2.24) is 34.0 Å². The number of aromatic nitrogens is 6. The van der Waals surface area contributed by atoms with Crippen molar-refractivity contribution in [3.63, 3.8) is 0 Å². The number of halogens is 4. The molecule has 0 atom stereocenters. The fourth-order valence-corrected chi connectivity index (χ4v) is 5.75. The highest BCUT2D eigenvalue weighted by molar-refractivity contribution is 6.33. The van der Waals surface area contributed by atoms with Crippen LogP contribution in [0.5, 0.6) is 5.75 Å². The van der Waals surface area contributed by atoms with E-state index in [9.17, 15) is 27.6 Å². The first-order chi connectivity index (χ1) is 25.7. The van der Waals surface area contributed by atoms with Gasteiger partial charge in [0.05, 0.1) is 47.4 Å². The molecule has 0 spiro atoms. The predicted octanol–water partition coefficient (Wildman–Crippen LogP) is 5.33. The summed E-state index contributed by atoms with van der Waals surface area (Å²) in [6.45, 7) is 6.65. The Bertz CT molecular complexity index is 1960. The number of hydrogen-bond donors (Lipinski definition) is 2. The van der Waals surface area contributed by atoms with Gasteiger partial charge in [-0.3, -0.25) is 9.59 Å². The Morgan fingerprint density at radius 1 is 1.11 bits per heavy atom. The summed E-state index contributed by atoms with van der Waals surface area (Å²) in [5.74, 6) is 0.845. The lowest BCUT2D eigenvalue weighted by atomic mass is 10.1. The normalized spacial score (nSPS) is 14.1. The number of carbonyl (C=O) groups excluding carboxylic acids is 2. The second kappa shape index (κ2) is 20.5. The smallest absolute Gasteiger partial charge is 0.416 e. The Labute approximate surface area is 316 Å². The molecule has 54 heavy (non-hydrogen) atoms. The zero-order valence-electron chi connectivity index (χ0n) is 31.3. The largest absolute Gasteiger partial charge is 0.504 e. The van der Waals surface area contributed by atoms with Crippen molar-refractivity contribution in [2.75, 3.05) is 64.7 Å². The quantitative estimate of drug-likeness (QED) is 0.233. The van der Waals surface area contributed by atoms with Crippen molar-refractivity contribution in [2.24, 2.45) is 0 Å². The summed E-state index contributed by atoms with van der Waals surface area (Å²) in [7, 11) is 7.59. The van der Waals surface area contributed by atoms with E-state index in [1.807, 2.05) is 43.6 Å². The lowest BCUT2D eigenvalue weighted by Gasteiger charge is -2.30. The van der Waals surface area contributed by atoms with E-state index in [1.165, 1.54) is 23.3 Å². The molecule has 14 nitrogen and oxygen atoms in total. The number of hydrogen-bond acceptors (Lipinski definition) is 12. The molecule has 3 aromatic heterocycles. The number of ether oxygens (including phenoxy) is 1. The maximum atomic E-state index is 13.3. The Hall–Kier alpha value is -4.87. The van der Waals surface area contributed by atoms with Crippen LogP contribution in [0.25, 0.3) is 11.4 Å². The van der Waals surface area contributed by atoms with Crippen LogP contribution in [0.4, 0.5) is 24.5 Å². The van der Waals surface area contributed by atoms with Crippen LogP contribution in [-0.2, 0) is 28.7 Å². The number of benzene rings is 1. The van der Waals surface area contributed by atoms with Gasteiger partial charge in [-0.2, -0.15) is 22.7 Å². The summed E-state index contributed by atoms with van der Waals surface area (Å²) in [6.07, 6.45) is 4.91. The van der Waals surface area contributed by atoms with Crippen LogP contribution < -0.4 is 15.8 Å². The van der Waals surface area contributed by atoms with E-state index in [0.29, 0.717) is 54.6 Å². The summed E-state index contributed by atoms with van der Waals surface area (Å²) in [5.41, 5.74) is 2.57. The molecular weight excluding hydrogens is 731 g/mol. The molecule has 1 fully saturated rings. The van der Waals surface area contributed by atoms with Gasteiger partial charge in [0, 0.05) is 20.1 Å². The number of anilines is 2. The second-order valence-corrected chi connectivity index (χ2v) is 13.0. The van der Waals surface area contributed by atoms with Crippen LogP contribution >= 0.6 is 11.6 Å². The minimum absolute atomic E-state index is 0.0347. The Morgan fingerprint density at radius 2 is 1.80 bits per heavy atom. The third-order valence-electron chi connectivity index (χ3n) is 8.05. The highest BCUT2D eigenvalue weighted by Crippen LogP contribution is 2.33. The Kier molecular flexibility index (Phi) is 16.6. The third-order valence-corrected chi connectivity index (χ3v) is 8.36. The first-order valence-electron chi connectivity index (χ1n) is 17.3. The van der Waals surface area contributed by atoms with E-state index in [2.05, 4.69) is 30.3 Å². The molecule has 4 aromatic rings. The molecule has 294 valence electrons. The number of aldehydes is 2. The number of nitrogens with zero attached hydrogens (tertiary/aromatic N) is 8. The average molecular weight is 778 g/mol. The number of carbonyl (C=O) groups is 2. The highest BCUT2D eigenvalue weighted by atomic mass is 35.5. The standard InChI is InChI=1S/C19H25N5O3.C8H7ClF3N.C6H6N2O2.C3H9N/c1-2-15-16(22-8-4-3-5-9-22)18(26)24-19(23(15)10-11-25)20-17(21-24)14-6-12-27-13-7-14;1-13-7-3-2-5(4-6(7)9)8(10,11)12;1-4-6(10)5(2-9)8-3-7-4;1-4(2)3/h6,11H,2-5,7-10,12-13H2,1H3;2-4,13H,1H3;2-3,10H,1H3;1-3H3. The average Bonchev–Trinajstić information content (AvgIpc) is 3.61. The first-order valence-corrected chi connectivity index (χ1v) is 17.6. The van der Waals surface area contributed by atoms with Gasteiger partial charge in [0.25, 0.3) is 5.56 Å². The van der Waals surface area contributed by atoms with E-state index >= 15 is 0 Å². The second-order valence-electron chi connectivity index (χ2n) is 12.6. The lowest BCUT2D eigenvalue weighted by molar-refractivity contribution is -0.137. The molecule has 2 aliphatic rings. The number of nitrogens with one attached hydrogen (secondary N) is 1. The minimum atomic E-state index is -4.34. The van der Waals surface area contributed by atoms with Gasteiger partial charge in [0.15, 0.2) is 17.9 Å². The number of rotatable bonds is 7. The molecule has 2 N–H and O–H groups in total. The van der Waals surface area contributed by atoms with Crippen LogP contribution in [0.1, 0.15) is 65.9 Å². The van der Waals surface area contributed by atoms with Gasteiger partial charge in [-0.1, -0.05) is 24.6 Å². The summed E-state index contributed by atoms with van der Waals surface area (Å²) in [6, 6.07) is 3.18. The van der Waals surface area contributed by atoms with Crippen molar-refractivity contribution in [3.8, 4) is 5.75 Å². The highest BCUT2D eigenvalue weighted by Gasteiger charge is 2.31. The van der Waals surface area contributed by atoms with E-state index < -0.39 is 11.7 Å². The van der Waals surface area contributed by atoms with E-state index in [0.717, 1.165) is 62.0 Å². The lowest BCUT2D eigenvalue weighted by Crippen LogP contribution is -2.38. The molecule has 0 amide bonds. The zero-order chi connectivity index (χ0) is 40.0. The molecular formula is C36H47ClF3N9O5. The van der Waals surface area contributed by atoms with Crippen molar-refractivity contribution >= 4 is 46.9 Å². The Morgan fingerprint density at radius 3 is 2.31 bits per heavy atom. The van der Waals surface area contributed by atoms with Crippen molar-refractivity contribution < 1.29 is 32.6 Å². The monoisotopic (exact) mass is 777 g/mol. The predicted molar refractivity (Wildman–Crippen MR) is 202 cm³/mol. The maximum absolute atomic E-state index is 13.3. The van der Waals surface area contributed by atoms with Crippen LogP contribution in [-0.4, -0.2) is 106 Å². The fraction of sp³-hybridized carbons (Fsp3) is 0.472. The topological polar surface area (TPSA) is 160 Å². The van der Waals surface area contributed by atoms with Gasteiger partial charge in [0.1, 0.15) is 24.0 Å². The summed E-state index contributed by atoms with van der Waals surface area (Å²) < 4.78 is 44.9. The molecule has 1 saturated heterocycles. The summed E-state index contributed by atoms with van der Waals surface area (Å²) in [5, 5.41) is 16.3. The molecule has 6 rings (SSSR count). The molecule has 0 saturated carbocycles. The summed E-state index contributed by atoms with van der Waals surface area (Å²) >= 11 is 5.57. The molecule has 0 aliphatic carbocycles. The van der Waals surface area contributed by atoms with Gasteiger partial charge in [0.2, 0.25) is 5.78 Å². The number of piperidine rings is 1. The van der Waals surface area contributed by atoms with Gasteiger partial charge in [-0.05, 0) is 83.9 Å². The molecule has 0 radical (unpaired) electrons. The van der Waals surface area contributed by atoms with Gasteiger partial charge in [-0.15, -0.1) is 5.10 Å². The van der Waals surface area contributed by atoms with Gasteiger partial charge in [-0.25, -0.2) is 9.97 Å². The van der Waals surface area contributed by atoms with Crippen molar-refractivity contribution in [3.05, 3.63) is 74.4 Å². The SMILES string of the molecule is CCc1c(N2CCCCC2)c(=O)n2nc(C3=CCOCC3)nc2n1CC=O.CN(C)C.CNc1ccc(C(F)(F)F)cc1Cl.Cc1ncnc(C=O)c1O. The number of alkyl halides is 3. The summed E-state index contributed by atoms with van der Waals surface area (Å²) in [4.78, 5) is 50.8. The molecule has 0 bridgehead atoms. The van der Waals surface area contributed by atoms with Crippen molar-refractivity contribution in [2.45, 2.75) is 58.7 Å². The van der Waals surface area contributed by atoms with E-state index in [4.69, 9.17) is 21.4 Å². The molecule has 0 unspecified atom stereocenters. The maximum Gasteiger partial charge on any atom is 0.416 e. The van der Waals surface area contributed by atoms with Gasteiger partial charge >= 0.3 is 6.18 Å². The number of fused-ring (bicyclic) bond motifs is 1. The van der Waals surface area contributed by atoms with Crippen LogP contribution in [0.2, 0.25) is 5.02 Å². The van der Waals surface area contributed by atoms with Gasteiger partial charge < -0.3 is 34.3 Å². The zero-order valence-corrected chi connectivity index (χ0v) is 32.0. The molecule has 1 aromatic carbocycles. The number of aryl methyl sites for hydroxylation is 1. The van der Waals surface area contributed by atoms with Crippen LogP contribution in [0, 0.1) is 6.92 Å². The van der Waals surface area contributed by atoms with E-state index in [1.54, 1.807) is 14.0 Å². The van der Waals surface area contributed by atoms with E-state index in [-0.39, 0.29) is 28.6 Å². The molecule has 18 heteroatoms. The first kappa shape index (κ1) is 43.5. The molecule has 2 aliphatic heterocycles. The third kappa shape index (κ3) is 11.6. The van der Waals surface area contributed by atoms with Crippen molar-refractivity contribution in [1.29, 1.82) is 0 Å². The number of aromatic hydroxyl groups is 1. The molecule has 5 heterocycles. The fourth-order valence-electron chi connectivity index (χ4n) is 5.48. The van der Waals surface area contributed by atoms with Crippen LogP contribution in [0.3, 0.4) is 0 Å². The Balaban J connectivity index is 0.000000240. The van der Waals surface area contributed by atoms with Crippen LogP contribution in [0.15, 0.2) is 35.4 Å². The minimum Gasteiger partial charge on any atom is -0.504 e.